The van der Waals surface area contributed by atoms with Crippen LogP contribution in [0.15, 0.2) is 0 Å². The number of carbonyl (C=O) groups is 1. The molecular formula is C13H23NO2. The molecule has 3 atom stereocenters. The molecule has 2 fully saturated rings. The second-order valence-electron chi connectivity index (χ2n) is 5.26. The van der Waals surface area contributed by atoms with E-state index in [2.05, 4.69) is 5.32 Å². The van der Waals surface area contributed by atoms with Crippen LogP contribution >= 0.6 is 0 Å². The molecular weight excluding hydrogens is 202 g/mol. The Morgan fingerprint density at radius 2 is 1.75 bits per heavy atom. The monoisotopic (exact) mass is 225 g/mol. The molecule has 3 nitrogen and oxygen atoms in total. The molecule has 1 heterocycles. The molecule has 0 aromatic carbocycles. The molecule has 2 N–H and O–H groups in total. The highest BCUT2D eigenvalue weighted by molar-refractivity contribution is 5.79. The number of hydrogen-bond acceptors (Lipinski definition) is 2. The van der Waals surface area contributed by atoms with E-state index >= 15 is 0 Å². The minimum atomic E-state index is -0.253. The van der Waals surface area contributed by atoms with Crippen LogP contribution in [0.3, 0.4) is 0 Å². The molecule has 0 radical (unpaired) electrons. The number of amides is 1. The van der Waals surface area contributed by atoms with Gasteiger partial charge in [-0.05, 0) is 31.6 Å². The molecule has 1 saturated carbocycles. The first kappa shape index (κ1) is 11.9. The highest BCUT2D eigenvalue weighted by Gasteiger charge is 2.34. The second kappa shape index (κ2) is 5.67. The molecule has 1 aliphatic heterocycles. The number of nitrogens with one attached hydrogen (secondary N) is 1. The summed E-state index contributed by atoms with van der Waals surface area (Å²) in [5.74, 6) is 0.458. The zero-order valence-electron chi connectivity index (χ0n) is 9.95. The van der Waals surface area contributed by atoms with Gasteiger partial charge >= 0.3 is 0 Å². The number of rotatable bonds is 1. The quantitative estimate of drug-likeness (QED) is 0.669. The maximum absolute atomic E-state index is 11.9. The van der Waals surface area contributed by atoms with Gasteiger partial charge in [-0.15, -0.1) is 0 Å². The molecule has 3 unspecified atom stereocenters. The third kappa shape index (κ3) is 2.76. The van der Waals surface area contributed by atoms with Gasteiger partial charge in [-0.3, -0.25) is 4.79 Å². The van der Waals surface area contributed by atoms with E-state index in [0.29, 0.717) is 0 Å². The first-order valence-electron chi connectivity index (χ1n) is 6.75. The number of aliphatic hydroxyl groups excluding tert-OH is 1. The molecule has 0 spiro atoms. The summed E-state index contributed by atoms with van der Waals surface area (Å²) in [4.78, 5) is 11.9. The summed E-state index contributed by atoms with van der Waals surface area (Å²) in [7, 11) is 0. The van der Waals surface area contributed by atoms with Crippen molar-refractivity contribution in [2.75, 3.05) is 6.54 Å². The summed E-state index contributed by atoms with van der Waals surface area (Å²) in [6.07, 6.45) is 8.33. The molecule has 1 aliphatic carbocycles. The topological polar surface area (TPSA) is 49.3 Å². The van der Waals surface area contributed by atoms with Crippen molar-refractivity contribution in [1.29, 1.82) is 0 Å². The van der Waals surface area contributed by atoms with Gasteiger partial charge in [-0.1, -0.05) is 25.7 Å². The molecule has 92 valence electrons. The fourth-order valence-electron chi connectivity index (χ4n) is 3.16. The Kier molecular flexibility index (Phi) is 4.22. The number of hydrogen-bond donors (Lipinski definition) is 2. The highest BCUT2D eigenvalue weighted by Crippen LogP contribution is 2.33. The van der Waals surface area contributed by atoms with Gasteiger partial charge in [0.2, 0.25) is 5.91 Å². The van der Waals surface area contributed by atoms with Gasteiger partial charge in [0.15, 0.2) is 0 Å². The van der Waals surface area contributed by atoms with Crippen molar-refractivity contribution in [3.05, 3.63) is 0 Å². The molecule has 0 aromatic rings. The SMILES string of the molecule is O=C1NCCCCC1C1CCCCCC1O. The van der Waals surface area contributed by atoms with Crippen LogP contribution in [0.25, 0.3) is 0 Å². The van der Waals surface area contributed by atoms with Gasteiger partial charge in [-0.2, -0.15) is 0 Å². The van der Waals surface area contributed by atoms with Crippen LogP contribution in [0.5, 0.6) is 0 Å². The maximum Gasteiger partial charge on any atom is 0.223 e. The van der Waals surface area contributed by atoms with Gasteiger partial charge < -0.3 is 10.4 Å². The first-order valence-corrected chi connectivity index (χ1v) is 6.75. The van der Waals surface area contributed by atoms with E-state index < -0.39 is 0 Å². The molecule has 2 rings (SSSR count). The fraction of sp³-hybridized carbons (Fsp3) is 0.923. The average Bonchev–Trinajstić information content (AvgIpc) is 2.59. The second-order valence-corrected chi connectivity index (χ2v) is 5.26. The standard InChI is InChI=1S/C13H23NO2/c15-12-8-3-1-2-6-10(12)11-7-4-5-9-14-13(11)16/h10-12,15H,1-9H2,(H,14,16). The Hall–Kier alpha value is -0.570. The van der Waals surface area contributed by atoms with Crippen LogP contribution in [0.4, 0.5) is 0 Å². The van der Waals surface area contributed by atoms with Gasteiger partial charge in [-0.25, -0.2) is 0 Å². The Balaban J connectivity index is 2.04. The molecule has 1 saturated heterocycles. The van der Waals surface area contributed by atoms with Crippen LogP contribution in [0, 0.1) is 11.8 Å². The molecule has 1 amide bonds. The fourth-order valence-corrected chi connectivity index (χ4v) is 3.16. The lowest BCUT2D eigenvalue weighted by Gasteiger charge is -2.27. The smallest absolute Gasteiger partial charge is 0.223 e. The van der Waals surface area contributed by atoms with Crippen molar-refractivity contribution >= 4 is 5.91 Å². The maximum atomic E-state index is 11.9. The van der Waals surface area contributed by atoms with E-state index in [1.807, 2.05) is 0 Å². The Morgan fingerprint density at radius 3 is 2.62 bits per heavy atom. The molecule has 2 aliphatic rings. The lowest BCUT2D eigenvalue weighted by atomic mass is 9.81. The predicted molar refractivity (Wildman–Crippen MR) is 62.9 cm³/mol. The van der Waals surface area contributed by atoms with Crippen LogP contribution in [-0.2, 0) is 4.79 Å². The zero-order chi connectivity index (χ0) is 11.4. The van der Waals surface area contributed by atoms with Crippen LogP contribution in [0.2, 0.25) is 0 Å². The van der Waals surface area contributed by atoms with Crippen molar-refractivity contribution < 1.29 is 9.90 Å². The van der Waals surface area contributed by atoms with E-state index in [0.717, 1.165) is 45.1 Å². The number of carbonyl (C=O) groups excluding carboxylic acids is 1. The first-order chi connectivity index (χ1) is 7.79. The zero-order valence-corrected chi connectivity index (χ0v) is 9.95. The lowest BCUT2D eigenvalue weighted by molar-refractivity contribution is -0.128. The lowest BCUT2D eigenvalue weighted by Crippen LogP contribution is -2.37. The molecule has 16 heavy (non-hydrogen) atoms. The van der Waals surface area contributed by atoms with Crippen molar-refractivity contribution in [3.8, 4) is 0 Å². The summed E-state index contributed by atoms with van der Waals surface area (Å²) < 4.78 is 0. The highest BCUT2D eigenvalue weighted by atomic mass is 16.3. The minimum Gasteiger partial charge on any atom is -0.393 e. The minimum absolute atomic E-state index is 0.0654. The van der Waals surface area contributed by atoms with Crippen LogP contribution in [-0.4, -0.2) is 23.7 Å². The van der Waals surface area contributed by atoms with E-state index in [1.54, 1.807) is 0 Å². The summed E-state index contributed by atoms with van der Waals surface area (Å²) in [5, 5.41) is 13.1. The van der Waals surface area contributed by atoms with Gasteiger partial charge in [0.1, 0.15) is 0 Å². The summed E-state index contributed by atoms with van der Waals surface area (Å²) in [6, 6.07) is 0. The summed E-state index contributed by atoms with van der Waals surface area (Å²) >= 11 is 0. The van der Waals surface area contributed by atoms with Crippen molar-refractivity contribution in [2.45, 2.75) is 57.5 Å². The normalized spacial score (nSPS) is 37.3. The van der Waals surface area contributed by atoms with Crippen LogP contribution < -0.4 is 5.32 Å². The molecule has 0 bridgehead atoms. The predicted octanol–water partition coefficient (Wildman–Crippen LogP) is 1.84. The molecule has 0 aromatic heterocycles. The van der Waals surface area contributed by atoms with E-state index in [4.69, 9.17) is 0 Å². The largest absolute Gasteiger partial charge is 0.393 e. The third-order valence-corrected chi connectivity index (χ3v) is 4.13. The third-order valence-electron chi connectivity index (χ3n) is 4.13. The van der Waals surface area contributed by atoms with Crippen molar-refractivity contribution in [1.82, 2.24) is 5.32 Å². The van der Waals surface area contributed by atoms with Gasteiger partial charge in [0.05, 0.1) is 6.10 Å². The number of aliphatic hydroxyl groups is 1. The van der Waals surface area contributed by atoms with Crippen LogP contribution in [0.1, 0.15) is 51.4 Å². The summed E-state index contributed by atoms with van der Waals surface area (Å²) in [6.45, 7) is 0.818. The van der Waals surface area contributed by atoms with Crippen molar-refractivity contribution in [2.24, 2.45) is 11.8 Å². The van der Waals surface area contributed by atoms with E-state index in [9.17, 15) is 9.90 Å². The Bertz CT molecular complexity index is 242. The Labute approximate surface area is 97.6 Å². The molecule has 3 heteroatoms. The Morgan fingerprint density at radius 1 is 1.00 bits per heavy atom. The van der Waals surface area contributed by atoms with Gasteiger partial charge in [0, 0.05) is 12.5 Å². The van der Waals surface area contributed by atoms with E-state index in [1.165, 1.54) is 12.8 Å². The summed E-state index contributed by atoms with van der Waals surface area (Å²) in [5.41, 5.74) is 0. The van der Waals surface area contributed by atoms with Gasteiger partial charge in [0.25, 0.3) is 0 Å². The van der Waals surface area contributed by atoms with E-state index in [-0.39, 0.29) is 23.8 Å². The van der Waals surface area contributed by atoms with Crippen molar-refractivity contribution in [3.63, 3.8) is 0 Å². The average molecular weight is 225 g/mol.